The average Bonchev–Trinajstić information content (AvgIpc) is 3.60. The van der Waals surface area contributed by atoms with Gasteiger partial charge < -0.3 is 19.7 Å². The first-order chi connectivity index (χ1) is 16.9. The number of benzene rings is 1. The molecule has 0 radical (unpaired) electrons. The highest BCUT2D eigenvalue weighted by Crippen LogP contribution is 2.37. The number of carbonyl (C=O) groups is 2. The number of aromatic nitrogens is 3. The highest BCUT2D eigenvalue weighted by molar-refractivity contribution is 5.95. The van der Waals surface area contributed by atoms with Crippen LogP contribution in [0.3, 0.4) is 0 Å². The molecule has 8 nitrogen and oxygen atoms in total. The lowest BCUT2D eigenvalue weighted by Gasteiger charge is -2.32. The third kappa shape index (κ3) is 4.68. The van der Waals surface area contributed by atoms with Crippen LogP contribution < -0.4 is 5.32 Å². The molecule has 0 unspecified atom stereocenters. The van der Waals surface area contributed by atoms with Gasteiger partial charge in [-0.25, -0.2) is 9.37 Å². The molecule has 2 amide bonds. The Morgan fingerprint density at radius 3 is 2.83 bits per heavy atom. The molecular weight excluding hydrogens is 449 g/mol. The van der Waals surface area contributed by atoms with Crippen LogP contribution in [0.25, 0.3) is 11.0 Å². The van der Waals surface area contributed by atoms with Gasteiger partial charge in [0, 0.05) is 25.1 Å². The number of fused-ring (bicyclic) bond motifs is 1. The molecule has 2 aromatic heterocycles. The summed E-state index contributed by atoms with van der Waals surface area (Å²) in [6.07, 6.45) is 7.35. The van der Waals surface area contributed by atoms with E-state index in [1.807, 2.05) is 13.0 Å². The molecule has 1 saturated carbocycles. The van der Waals surface area contributed by atoms with E-state index < -0.39 is 5.82 Å². The largest absolute Gasteiger partial charge is 0.364 e. The van der Waals surface area contributed by atoms with Crippen LogP contribution in [0.5, 0.6) is 0 Å². The van der Waals surface area contributed by atoms with Crippen molar-refractivity contribution in [1.82, 2.24) is 25.3 Å². The van der Waals surface area contributed by atoms with Crippen LogP contribution in [0.2, 0.25) is 0 Å². The standard InChI is InChI=1S/C26H32FN5O3/c1-3-19-18(14-35-31-19)26(34)30-23(16-8-6-15(2)7-9-16)25-28-20-11-10-17(22(27)24(20)29-25)13-32-12-4-5-21(32)33/h10-11,14-16,23H,3-9,12-13H2,1-2H3,(H,28,29)(H,30,34)/t15-,16-,23-/m0/s1. The van der Waals surface area contributed by atoms with Gasteiger partial charge in [-0.05, 0) is 43.6 Å². The molecule has 1 saturated heterocycles. The third-order valence-corrected chi connectivity index (χ3v) is 7.56. The molecule has 5 rings (SSSR count). The number of nitrogens with one attached hydrogen (secondary N) is 2. The van der Waals surface area contributed by atoms with E-state index in [0.29, 0.717) is 53.5 Å². The van der Waals surface area contributed by atoms with Crippen molar-refractivity contribution >= 4 is 22.8 Å². The lowest BCUT2D eigenvalue weighted by atomic mass is 9.79. The van der Waals surface area contributed by atoms with Crippen molar-refractivity contribution in [1.29, 1.82) is 0 Å². The second kappa shape index (κ2) is 9.79. The Morgan fingerprint density at radius 1 is 1.31 bits per heavy atom. The van der Waals surface area contributed by atoms with Gasteiger partial charge in [0.1, 0.15) is 23.2 Å². The van der Waals surface area contributed by atoms with E-state index in [0.717, 1.165) is 32.1 Å². The molecule has 3 heterocycles. The number of imidazole rings is 1. The van der Waals surface area contributed by atoms with E-state index in [-0.39, 0.29) is 35.8 Å². The van der Waals surface area contributed by atoms with Gasteiger partial charge >= 0.3 is 0 Å². The summed E-state index contributed by atoms with van der Waals surface area (Å²) in [5.74, 6) is 0.763. The second-order valence-electron chi connectivity index (χ2n) is 9.98. The number of aryl methyl sites for hydroxylation is 1. The van der Waals surface area contributed by atoms with E-state index in [4.69, 9.17) is 4.52 Å². The van der Waals surface area contributed by atoms with Gasteiger partial charge in [0.15, 0.2) is 5.82 Å². The zero-order valence-corrected chi connectivity index (χ0v) is 20.3. The number of hydrogen-bond acceptors (Lipinski definition) is 5. The average molecular weight is 482 g/mol. The molecule has 186 valence electrons. The molecule has 2 aliphatic rings. The van der Waals surface area contributed by atoms with Crippen LogP contribution in [0, 0.1) is 17.7 Å². The SMILES string of the molecule is CCc1nocc1C(=O)N[C@H](c1nc2c(F)c(CN3CCCC3=O)ccc2[nH]1)[C@H]1CC[C@H](C)CC1. The quantitative estimate of drug-likeness (QED) is 0.510. The molecule has 1 aromatic carbocycles. The minimum atomic E-state index is -0.417. The number of aromatic amines is 1. The first-order valence-corrected chi connectivity index (χ1v) is 12.6. The monoisotopic (exact) mass is 481 g/mol. The summed E-state index contributed by atoms with van der Waals surface area (Å²) in [5, 5.41) is 7.07. The number of halogens is 1. The summed E-state index contributed by atoms with van der Waals surface area (Å²) < 4.78 is 20.5. The maximum Gasteiger partial charge on any atom is 0.257 e. The molecule has 0 bridgehead atoms. The molecule has 0 spiro atoms. The minimum absolute atomic E-state index is 0.0571. The Hall–Kier alpha value is -3.23. The van der Waals surface area contributed by atoms with Crippen LogP contribution in [-0.4, -0.2) is 38.4 Å². The first-order valence-electron chi connectivity index (χ1n) is 12.6. The number of likely N-dealkylation sites (tertiary alicyclic amines) is 1. The van der Waals surface area contributed by atoms with Crippen molar-refractivity contribution in [3.8, 4) is 0 Å². The summed E-state index contributed by atoms with van der Waals surface area (Å²) in [6, 6.07) is 3.14. The fourth-order valence-electron chi connectivity index (χ4n) is 5.40. The van der Waals surface area contributed by atoms with Gasteiger partial charge in [-0.1, -0.05) is 37.9 Å². The Kier molecular flexibility index (Phi) is 6.58. The van der Waals surface area contributed by atoms with Crippen LogP contribution in [0.1, 0.15) is 85.9 Å². The van der Waals surface area contributed by atoms with E-state index in [1.54, 1.807) is 11.0 Å². The van der Waals surface area contributed by atoms with Crippen molar-refractivity contribution in [2.24, 2.45) is 11.8 Å². The zero-order valence-electron chi connectivity index (χ0n) is 20.3. The van der Waals surface area contributed by atoms with E-state index >= 15 is 4.39 Å². The number of nitrogens with zero attached hydrogens (tertiary/aromatic N) is 3. The molecular formula is C26H32FN5O3. The van der Waals surface area contributed by atoms with Crippen molar-refractivity contribution in [3.05, 3.63) is 46.9 Å². The predicted octanol–water partition coefficient (Wildman–Crippen LogP) is 4.67. The molecule has 2 fully saturated rings. The Bertz CT molecular complexity index is 1230. The van der Waals surface area contributed by atoms with Gasteiger partial charge in [-0.15, -0.1) is 0 Å². The van der Waals surface area contributed by atoms with Crippen molar-refractivity contribution in [2.45, 2.75) is 71.4 Å². The van der Waals surface area contributed by atoms with Gasteiger partial charge in [0.25, 0.3) is 5.91 Å². The van der Waals surface area contributed by atoms with E-state index in [2.05, 4.69) is 27.4 Å². The molecule has 1 aliphatic heterocycles. The Morgan fingerprint density at radius 2 is 2.11 bits per heavy atom. The van der Waals surface area contributed by atoms with Gasteiger partial charge in [-0.2, -0.15) is 0 Å². The Balaban J connectivity index is 1.45. The summed E-state index contributed by atoms with van der Waals surface area (Å²) in [5.41, 5.74) is 2.30. The summed E-state index contributed by atoms with van der Waals surface area (Å²) in [6.45, 7) is 5.07. The highest BCUT2D eigenvalue weighted by Gasteiger charge is 2.32. The number of H-pyrrole nitrogens is 1. The van der Waals surface area contributed by atoms with Gasteiger partial charge in [-0.3, -0.25) is 9.59 Å². The van der Waals surface area contributed by atoms with E-state index in [9.17, 15) is 9.59 Å². The molecule has 3 aromatic rings. The second-order valence-corrected chi connectivity index (χ2v) is 9.98. The summed E-state index contributed by atoms with van der Waals surface area (Å²) in [4.78, 5) is 34.8. The molecule has 2 N–H and O–H groups in total. The van der Waals surface area contributed by atoms with Crippen LogP contribution in [0.4, 0.5) is 4.39 Å². The smallest absolute Gasteiger partial charge is 0.257 e. The molecule has 1 atom stereocenters. The maximum absolute atomic E-state index is 15.5. The number of hydrogen-bond donors (Lipinski definition) is 2. The van der Waals surface area contributed by atoms with E-state index in [1.165, 1.54) is 6.26 Å². The fraction of sp³-hybridized carbons (Fsp3) is 0.538. The fourth-order valence-corrected chi connectivity index (χ4v) is 5.40. The third-order valence-electron chi connectivity index (χ3n) is 7.56. The lowest BCUT2D eigenvalue weighted by molar-refractivity contribution is -0.128. The Labute approximate surface area is 203 Å². The molecule has 35 heavy (non-hydrogen) atoms. The van der Waals surface area contributed by atoms with Crippen molar-refractivity contribution in [2.75, 3.05) is 6.54 Å². The maximum atomic E-state index is 15.5. The van der Waals surface area contributed by atoms with Crippen LogP contribution in [0.15, 0.2) is 22.9 Å². The van der Waals surface area contributed by atoms with Crippen LogP contribution in [-0.2, 0) is 17.8 Å². The minimum Gasteiger partial charge on any atom is -0.364 e. The summed E-state index contributed by atoms with van der Waals surface area (Å²) in [7, 11) is 0. The lowest BCUT2D eigenvalue weighted by Crippen LogP contribution is -2.36. The topological polar surface area (TPSA) is 104 Å². The predicted molar refractivity (Wildman–Crippen MR) is 128 cm³/mol. The first kappa shape index (κ1) is 23.5. The van der Waals surface area contributed by atoms with Crippen molar-refractivity contribution in [3.63, 3.8) is 0 Å². The molecule has 9 heteroatoms. The van der Waals surface area contributed by atoms with Gasteiger partial charge in [0.2, 0.25) is 5.91 Å². The van der Waals surface area contributed by atoms with Crippen molar-refractivity contribution < 1.29 is 18.5 Å². The number of amides is 2. The number of carbonyl (C=O) groups excluding carboxylic acids is 2. The summed E-state index contributed by atoms with van der Waals surface area (Å²) >= 11 is 0. The highest BCUT2D eigenvalue weighted by atomic mass is 19.1. The van der Waals surface area contributed by atoms with Gasteiger partial charge in [0.05, 0.1) is 17.3 Å². The zero-order chi connectivity index (χ0) is 24.5. The van der Waals surface area contributed by atoms with Crippen LogP contribution >= 0.6 is 0 Å². The number of rotatable bonds is 7. The normalized spacial score (nSPS) is 21.6. The molecule has 1 aliphatic carbocycles.